The van der Waals surface area contributed by atoms with Crippen LogP contribution in [-0.4, -0.2) is 38.0 Å². The summed E-state index contributed by atoms with van der Waals surface area (Å²) in [6.07, 6.45) is 2.95. The predicted molar refractivity (Wildman–Crippen MR) is 81.1 cm³/mol. The van der Waals surface area contributed by atoms with Crippen molar-refractivity contribution < 1.29 is 4.79 Å². The summed E-state index contributed by atoms with van der Waals surface area (Å²) in [6.45, 7) is 1.58. The summed E-state index contributed by atoms with van der Waals surface area (Å²) in [7, 11) is 3.83. The van der Waals surface area contributed by atoms with Gasteiger partial charge in [-0.15, -0.1) is 0 Å². The van der Waals surface area contributed by atoms with E-state index in [0.29, 0.717) is 5.91 Å². The van der Waals surface area contributed by atoms with Gasteiger partial charge in [0.2, 0.25) is 5.91 Å². The normalized spacial score (nSPS) is 16.2. The second-order valence-corrected chi connectivity index (χ2v) is 6.33. The van der Waals surface area contributed by atoms with Gasteiger partial charge in [-0.05, 0) is 44.0 Å². The van der Waals surface area contributed by atoms with Crippen LogP contribution in [0.5, 0.6) is 0 Å². The third-order valence-corrected chi connectivity index (χ3v) is 4.35. The van der Waals surface area contributed by atoms with E-state index in [1.165, 1.54) is 5.56 Å². The van der Waals surface area contributed by atoms with E-state index < -0.39 is 0 Å². The molecule has 4 heteroatoms. The van der Waals surface area contributed by atoms with E-state index in [1.807, 2.05) is 31.1 Å². The number of carbonyl (C=O) groups excluding carboxylic acids is 1. The first-order valence-corrected chi connectivity index (χ1v) is 7.51. The summed E-state index contributed by atoms with van der Waals surface area (Å²) in [5.74, 6) is 0.291. The smallest absolute Gasteiger partial charge is 0.229 e. The van der Waals surface area contributed by atoms with Crippen LogP contribution in [0.4, 0.5) is 0 Å². The molecule has 19 heavy (non-hydrogen) atoms. The summed E-state index contributed by atoms with van der Waals surface area (Å²) in [4.78, 5) is 14.3. The Kier molecular flexibility index (Phi) is 4.63. The van der Waals surface area contributed by atoms with Crippen LogP contribution in [0, 0.1) is 5.41 Å². The molecule has 1 aromatic carbocycles. The van der Waals surface area contributed by atoms with E-state index in [-0.39, 0.29) is 5.41 Å². The van der Waals surface area contributed by atoms with Gasteiger partial charge in [-0.2, -0.15) is 0 Å². The molecule has 0 bridgehead atoms. The Hall–Kier alpha value is -0.870. The molecule has 0 spiro atoms. The van der Waals surface area contributed by atoms with E-state index in [4.69, 9.17) is 0 Å². The van der Waals surface area contributed by atoms with Crippen LogP contribution in [0.2, 0.25) is 0 Å². The molecule has 104 valence electrons. The van der Waals surface area contributed by atoms with Gasteiger partial charge in [-0.3, -0.25) is 4.79 Å². The van der Waals surface area contributed by atoms with E-state index in [9.17, 15) is 4.79 Å². The molecule has 1 fully saturated rings. The van der Waals surface area contributed by atoms with E-state index in [1.54, 1.807) is 0 Å². The molecule has 1 aliphatic carbocycles. The zero-order chi connectivity index (χ0) is 13.9. The number of amides is 1. The van der Waals surface area contributed by atoms with Crippen molar-refractivity contribution in [3.8, 4) is 0 Å². The molecule has 1 aliphatic rings. The number of halogens is 1. The summed E-state index contributed by atoms with van der Waals surface area (Å²) in [6, 6.07) is 8.28. The summed E-state index contributed by atoms with van der Waals surface area (Å²) >= 11 is 3.43. The third-order valence-electron chi connectivity index (χ3n) is 3.82. The third kappa shape index (κ3) is 3.57. The van der Waals surface area contributed by atoms with Gasteiger partial charge in [0.1, 0.15) is 0 Å². The number of hydrogen-bond acceptors (Lipinski definition) is 2. The monoisotopic (exact) mass is 324 g/mol. The molecule has 1 aromatic rings. The molecule has 1 saturated carbocycles. The lowest BCUT2D eigenvalue weighted by molar-refractivity contribution is -0.135. The van der Waals surface area contributed by atoms with Gasteiger partial charge in [0, 0.05) is 24.6 Å². The fourth-order valence-corrected chi connectivity index (χ4v) is 2.67. The molecule has 1 amide bonds. The Morgan fingerprint density at radius 2 is 2.00 bits per heavy atom. The first kappa shape index (κ1) is 14.5. The quantitative estimate of drug-likeness (QED) is 0.871. The highest BCUT2D eigenvalue weighted by Gasteiger charge is 2.50. The number of likely N-dealkylation sites (N-methyl/N-ethyl adjacent to an activating group) is 1. The molecule has 0 unspecified atom stereocenters. The summed E-state index contributed by atoms with van der Waals surface area (Å²) in [5, 5.41) is 3.13. The van der Waals surface area contributed by atoms with Gasteiger partial charge in [0.25, 0.3) is 0 Å². The van der Waals surface area contributed by atoms with Crippen LogP contribution in [-0.2, 0) is 11.2 Å². The number of carbonyl (C=O) groups is 1. The van der Waals surface area contributed by atoms with Crippen molar-refractivity contribution in [3.63, 3.8) is 0 Å². The predicted octanol–water partition coefficient (Wildman–Crippen LogP) is 2.45. The lowest BCUT2D eigenvalue weighted by atomic mass is 10.1. The second kappa shape index (κ2) is 6.06. The van der Waals surface area contributed by atoms with E-state index >= 15 is 0 Å². The lowest BCUT2D eigenvalue weighted by Gasteiger charge is -2.23. The van der Waals surface area contributed by atoms with Crippen molar-refractivity contribution in [1.29, 1.82) is 0 Å². The Morgan fingerprint density at radius 3 is 2.53 bits per heavy atom. The minimum atomic E-state index is -0.108. The van der Waals surface area contributed by atoms with Crippen LogP contribution in [0.15, 0.2) is 28.7 Å². The largest absolute Gasteiger partial charge is 0.345 e. The SMILES string of the molecule is CNCC1(C(=O)N(C)CCc2ccc(Br)cc2)CC1. The maximum absolute atomic E-state index is 12.4. The number of nitrogens with zero attached hydrogens (tertiary/aromatic N) is 1. The molecule has 1 N–H and O–H groups in total. The van der Waals surface area contributed by atoms with Crippen LogP contribution >= 0.6 is 15.9 Å². The standard InChI is InChI=1S/C15H21BrN2O/c1-17-11-15(8-9-15)14(19)18(2)10-7-12-3-5-13(16)6-4-12/h3-6,17H,7-11H2,1-2H3. The molecule has 3 nitrogen and oxygen atoms in total. The van der Waals surface area contributed by atoms with Gasteiger partial charge in [0.05, 0.1) is 5.41 Å². The molecule has 0 aliphatic heterocycles. The van der Waals surface area contributed by atoms with Crippen molar-refractivity contribution in [2.75, 3.05) is 27.2 Å². The highest BCUT2D eigenvalue weighted by atomic mass is 79.9. The number of rotatable bonds is 6. The van der Waals surface area contributed by atoms with Crippen molar-refractivity contribution in [1.82, 2.24) is 10.2 Å². The van der Waals surface area contributed by atoms with Crippen molar-refractivity contribution in [3.05, 3.63) is 34.3 Å². The van der Waals surface area contributed by atoms with Gasteiger partial charge in [-0.1, -0.05) is 28.1 Å². The van der Waals surface area contributed by atoms with Crippen molar-refractivity contribution >= 4 is 21.8 Å². The Morgan fingerprint density at radius 1 is 1.37 bits per heavy atom. The fraction of sp³-hybridized carbons (Fsp3) is 0.533. The second-order valence-electron chi connectivity index (χ2n) is 5.41. The maximum atomic E-state index is 12.4. The van der Waals surface area contributed by atoms with Crippen LogP contribution in [0.3, 0.4) is 0 Å². The molecule has 0 saturated heterocycles. The summed E-state index contributed by atoms with van der Waals surface area (Å²) in [5.41, 5.74) is 1.16. The summed E-state index contributed by atoms with van der Waals surface area (Å²) < 4.78 is 1.09. The molecular formula is C15H21BrN2O. The molecule has 0 atom stereocenters. The van der Waals surface area contributed by atoms with E-state index in [0.717, 1.165) is 36.8 Å². The van der Waals surface area contributed by atoms with Crippen LogP contribution < -0.4 is 5.32 Å². The maximum Gasteiger partial charge on any atom is 0.229 e. The fourth-order valence-electron chi connectivity index (χ4n) is 2.41. The molecule has 2 rings (SSSR count). The average Bonchev–Trinajstić information content (AvgIpc) is 3.18. The van der Waals surface area contributed by atoms with Gasteiger partial charge in [-0.25, -0.2) is 0 Å². The zero-order valence-corrected chi connectivity index (χ0v) is 13.2. The highest BCUT2D eigenvalue weighted by Crippen LogP contribution is 2.46. The van der Waals surface area contributed by atoms with Crippen LogP contribution in [0.25, 0.3) is 0 Å². The Labute approximate surface area is 123 Å². The molecular weight excluding hydrogens is 304 g/mol. The first-order valence-electron chi connectivity index (χ1n) is 6.72. The Balaban J connectivity index is 1.86. The average molecular weight is 325 g/mol. The zero-order valence-electron chi connectivity index (χ0n) is 11.6. The lowest BCUT2D eigenvalue weighted by Crippen LogP contribution is -2.39. The van der Waals surface area contributed by atoms with Crippen molar-refractivity contribution in [2.24, 2.45) is 5.41 Å². The highest BCUT2D eigenvalue weighted by molar-refractivity contribution is 9.10. The minimum Gasteiger partial charge on any atom is -0.345 e. The first-order chi connectivity index (χ1) is 9.07. The number of nitrogens with one attached hydrogen (secondary N) is 1. The van der Waals surface area contributed by atoms with Gasteiger partial charge >= 0.3 is 0 Å². The number of hydrogen-bond donors (Lipinski definition) is 1. The molecule has 0 aromatic heterocycles. The molecule has 0 radical (unpaired) electrons. The minimum absolute atomic E-state index is 0.108. The van der Waals surface area contributed by atoms with E-state index in [2.05, 4.69) is 33.4 Å². The van der Waals surface area contributed by atoms with Crippen LogP contribution in [0.1, 0.15) is 18.4 Å². The molecule has 0 heterocycles. The van der Waals surface area contributed by atoms with Crippen molar-refractivity contribution in [2.45, 2.75) is 19.3 Å². The van der Waals surface area contributed by atoms with Gasteiger partial charge < -0.3 is 10.2 Å². The van der Waals surface area contributed by atoms with Gasteiger partial charge in [0.15, 0.2) is 0 Å². The Bertz CT molecular complexity index is 440. The number of benzene rings is 1. The topological polar surface area (TPSA) is 32.3 Å².